The molecule has 0 radical (unpaired) electrons. The van der Waals surface area contributed by atoms with Crippen molar-refractivity contribution in [1.29, 1.82) is 0 Å². The van der Waals surface area contributed by atoms with Gasteiger partial charge in [-0.25, -0.2) is 4.98 Å². The molecule has 0 aliphatic carbocycles. The Morgan fingerprint density at radius 1 is 1.17 bits per heavy atom. The maximum atomic E-state index is 13.0. The van der Waals surface area contributed by atoms with Crippen LogP contribution in [0.15, 0.2) is 41.9 Å². The highest BCUT2D eigenvalue weighted by Crippen LogP contribution is 2.24. The summed E-state index contributed by atoms with van der Waals surface area (Å²) < 4.78 is 7.40. The van der Waals surface area contributed by atoms with Crippen molar-refractivity contribution >= 4 is 22.8 Å². The van der Waals surface area contributed by atoms with E-state index in [2.05, 4.69) is 31.5 Å². The number of anilines is 1. The van der Waals surface area contributed by atoms with Crippen molar-refractivity contribution in [2.75, 3.05) is 44.7 Å². The van der Waals surface area contributed by atoms with Gasteiger partial charge in [0.05, 0.1) is 13.7 Å². The van der Waals surface area contributed by atoms with Crippen LogP contribution in [0.1, 0.15) is 21.7 Å². The normalized spacial score (nSPS) is 14.9. The van der Waals surface area contributed by atoms with E-state index in [4.69, 9.17) is 4.74 Å². The molecular weight excluding hydrogens is 384 g/mol. The van der Waals surface area contributed by atoms with Crippen molar-refractivity contribution in [1.82, 2.24) is 14.5 Å². The van der Waals surface area contributed by atoms with Gasteiger partial charge in [-0.1, -0.05) is 6.07 Å². The number of Topliss-reactive ketones (excluding diaryl/α,β-unsaturated/α-hetero) is 1. The minimum atomic E-state index is 0.177. The molecule has 2 aromatic heterocycles. The van der Waals surface area contributed by atoms with Gasteiger partial charge in [0, 0.05) is 66.5 Å². The molecule has 1 fully saturated rings. The quantitative estimate of drug-likeness (QED) is 0.582. The molecule has 3 aromatic rings. The van der Waals surface area contributed by atoms with Crippen molar-refractivity contribution in [2.45, 2.75) is 13.8 Å². The average molecular weight is 411 g/mol. The number of nitrogens with zero attached hydrogens (tertiary/aromatic N) is 4. The van der Waals surface area contributed by atoms with Crippen LogP contribution in [-0.2, 0) is 0 Å². The Hall–Kier alpha value is -2.64. The first-order chi connectivity index (χ1) is 14.1. The number of hydrogen-bond donors (Lipinski definition) is 0. The largest absolute Gasteiger partial charge is 0.497 e. The van der Waals surface area contributed by atoms with Crippen LogP contribution in [0.3, 0.4) is 0 Å². The highest BCUT2D eigenvalue weighted by Gasteiger charge is 2.23. The van der Waals surface area contributed by atoms with Crippen LogP contribution in [0, 0.1) is 13.8 Å². The van der Waals surface area contributed by atoms with E-state index < -0.39 is 0 Å². The molecule has 6 nitrogen and oxygen atoms in total. The van der Waals surface area contributed by atoms with E-state index >= 15 is 0 Å². The monoisotopic (exact) mass is 410 g/mol. The molecule has 0 unspecified atom stereocenters. The maximum absolute atomic E-state index is 13.0. The molecule has 1 saturated heterocycles. The summed E-state index contributed by atoms with van der Waals surface area (Å²) in [5.74, 6) is 1.05. The molecule has 4 rings (SSSR count). The highest BCUT2D eigenvalue weighted by atomic mass is 32.1. The Bertz CT molecular complexity index is 988. The zero-order chi connectivity index (χ0) is 20.4. The molecule has 0 N–H and O–H groups in total. The van der Waals surface area contributed by atoms with Gasteiger partial charge in [-0.2, -0.15) is 0 Å². The molecule has 0 spiro atoms. The molecule has 152 valence electrons. The Labute approximate surface area is 175 Å². The van der Waals surface area contributed by atoms with Gasteiger partial charge in [-0.15, -0.1) is 11.3 Å². The first-order valence-electron chi connectivity index (χ1n) is 9.80. The molecule has 1 aromatic carbocycles. The van der Waals surface area contributed by atoms with Gasteiger partial charge in [0.25, 0.3) is 0 Å². The number of carbonyl (C=O) groups is 1. The fourth-order valence-electron chi connectivity index (χ4n) is 3.93. The average Bonchev–Trinajstić information content (AvgIpc) is 3.36. The lowest BCUT2D eigenvalue weighted by Gasteiger charge is -2.35. The van der Waals surface area contributed by atoms with Crippen molar-refractivity contribution in [3.05, 3.63) is 58.9 Å². The van der Waals surface area contributed by atoms with Crippen LogP contribution in [-0.4, -0.2) is 60.1 Å². The molecule has 0 saturated carbocycles. The van der Waals surface area contributed by atoms with Gasteiger partial charge < -0.3 is 9.64 Å². The second kappa shape index (κ2) is 8.39. The Morgan fingerprint density at radius 3 is 2.66 bits per heavy atom. The minimum Gasteiger partial charge on any atom is -0.497 e. The van der Waals surface area contributed by atoms with E-state index in [9.17, 15) is 4.79 Å². The zero-order valence-electron chi connectivity index (χ0n) is 17.1. The number of benzene rings is 1. The lowest BCUT2D eigenvalue weighted by molar-refractivity contribution is 0.0926. The van der Waals surface area contributed by atoms with E-state index in [1.165, 1.54) is 5.69 Å². The molecule has 0 atom stereocenters. The Kier molecular flexibility index (Phi) is 5.69. The fraction of sp³-hybridized carbons (Fsp3) is 0.364. The summed E-state index contributed by atoms with van der Waals surface area (Å²) in [7, 11) is 1.69. The molecule has 0 amide bonds. The number of carbonyl (C=O) groups excluding carboxylic acids is 1. The smallest absolute Gasteiger partial charge is 0.193 e. The summed E-state index contributed by atoms with van der Waals surface area (Å²) >= 11 is 1.58. The first kappa shape index (κ1) is 19.7. The van der Waals surface area contributed by atoms with E-state index in [0.29, 0.717) is 6.54 Å². The van der Waals surface area contributed by atoms with Crippen molar-refractivity contribution < 1.29 is 9.53 Å². The van der Waals surface area contributed by atoms with Crippen LogP contribution in [0.4, 0.5) is 5.69 Å². The van der Waals surface area contributed by atoms with Crippen LogP contribution in [0.5, 0.6) is 5.75 Å². The topological polar surface area (TPSA) is 50.6 Å². The predicted molar refractivity (Wildman–Crippen MR) is 117 cm³/mol. The molecule has 3 heterocycles. The van der Waals surface area contributed by atoms with E-state index in [0.717, 1.165) is 54.0 Å². The summed E-state index contributed by atoms with van der Waals surface area (Å²) in [5.41, 5.74) is 3.98. The zero-order valence-corrected chi connectivity index (χ0v) is 17.9. The number of ether oxygens (including phenoxy) is 1. The van der Waals surface area contributed by atoms with Crippen LogP contribution in [0.25, 0.3) is 5.13 Å². The van der Waals surface area contributed by atoms with Crippen LogP contribution >= 0.6 is 11.3 Å². The number of aromatic nitrogens is 2. The van der Waals surface area contributed by atoms with Gasteiger partial charge in [-0.3, -0.25) is 14.3 Å². The predicted octanol–water partition coefficient (Wildman–Crippen LogP) is 3.56. The molecule has 0 bridgehead atoms. The summed E-state index contributed by atoms with van der Waals surface area (Å²) in [4.78, 5) is 22.0. The summed E-state index contributed by atoms with van der Waals surface area (Å²) in [6, 6.07) is 10.1. The third-order valence-electron chi connectivity index (χ3n) is 5.50. The number of methoxy groups -OCH3 is 1. The van der Waals surface area contributed by atoms with Gasteiger partial charge in [-0.05, 0) is 32.0 Å². The number of hydrogen-bond acceptors (Lipinski definition) is 6. The number of ketones is 1. The minimum absolute atomic E-state index is 0.177. The van der Waals surface area contributed by atoms with Crippen LogP contribution < -0.4 is 9.64 Å². The second-order valence-corrected chi connectivity index (χ2v) is 8.20. The Balaban J connectivity index is 1.40. The lowest BCUT2D eigenvalue weighted by Crippen LogP contribution is -2.48. The third kappa shape index (κ3) is 4.06. The summed E-state index contributed by atoms with van der Waals surface area (Å²) in [6.45, 7) is 8.02. The molecular formula is C22H26N4O2S. The van der Waals surface area contributed by atoms with E-state index in [1.807, 2.05) is 37.4 Å². The number of aryl methyl sites for hydroxylation is 1. The molecule has 7 heteroatoms. The number of thiazole rings is 1. The fourth-order valence-corrected chi connectivity index (χ4v) is 4.68. The number of rotatable bonds is 6. The molecule has 1 aliphatic heterocycles. The number of piperazine rings is 1. The van der Waals surface area contributed by atoms with Gasteiger partial charge in [0.15, 0.2) is 10.9 Å². The SMILES string of the molecule is COc1cccc(N2CCN(CC(=O)c3cc(C)n(-c4nccs4)c3C)CC2)c1. The second-order valence-electron chi connectivity index (χ2n) is 7.32. The molecule has 1 aliphatic rings. The highest BCUT2D eigenvalue weighted by molar-refractivity contribution is 7.12. The van der Waals surface area contributed by atoms with Gasteiger partial charge in [0.1, 0.15) is 5.75 Å². The summed E-state index contributed by atoms with van der Waals surface area (Å²) in [5, 5.41) is 2.86. The molecule has 29 heavy (non-hydrogen) atoms. The lowest BCUT2D eigenvalue weighted by atomic mass is 10.1. The standard InChI is InChI=1S/C22H26N4O2S/c1-16-13-20(17(2)26(16)22-23-7-12-29-22)21(27)15-24-8-10-25(11-9-24)18-5-4-6-19(14-18)28-3/h4-7,12-14H,8-11,15H2,1-3H3. The van der Waals surface area contributed by atoms with Crippen molar-refractivity contribution in [3.8, 4) is 10.9 Å². The van der Waals surface area contributed by atoms with E-state index in [-0.39, 0.29) is 5.78 Å². The first-order valence-corrected chi connectivity index (χ1v) is 10.7. The van der Waals surface area contributed by atoms with Gasteiger partial charge in [0.2, 0.25) is 0 Å². The summed E-state index contributed by atoms with van der Waals surface area (Å²) in [6.07, 6.45) is 1.79. The third-order valence-corrected chi connectivity index (χ3v) is 6.26. The van der Waals surface area contributed by atoms with Crippen LogP contribution in [0.2, 0.25) is 0 Å². The van der Waals surface area contributed by atoms with E-state index in [1.54, 1.807) is 24.6 Å². The maximum Gasteiger partial charge on any atom is 0.193 e. The van der Waals surface area contributed by atoms with Crippen molar-refractivity contribution in [3.63, 3.8) is 0 Å². The Morgan fingerprint density at radius 2 is 1.97 bits per heavy atom. The van der Waals surface area contributed by atoms with Gasteiger partial charge >= 0.3 is 0 Å². The van der Waals surface area contributed by atoms with Crippen molar-refractivity contribution in [2.24, 2.45) is 0 Å².